The van der Waals surface area contributed by atoms with E-state index in [1.54, 1.807) is 12.1 Å². The van der Waals surface area contributed by atoms with Gasteiger partial charge in [-0.25, -0.2) is 0 Å². The summed E-state index contributed by atoms with van der Waals surface area (Å²) in [5.41, 5.74) is 4.53. The smallest absolute Gasteiger partial charge is 0.270 e. The van der Waals surface area contributed by atoms with Gasteiger partial charge in [0.25, 0.3) is 5.69 Å². The van der Waals surface area contributed by atoms with E-state index in [4.69, 9.17) is 4.52 Å². The normalized spacial score (nSPS) is 14.9. The highest BCUT2D eigenvalue weighted by Crippen LogP contribution is 2.25. The second kappa shape index (κ2) is 8.00. The van der Waals surface area contributed by atoms with Crippen molar-refractivity contribution in [1.29, 1.82) is 0 Å². The maximum absolute atomic E-state index is 11.0. The summed E-state index contributed by atoms with van der Waals surface area (Å²) in [6.45, 7) is 8.58. The van der Waals surface area contributed by atoms with Crippen LogP contribution in [0.25, 0.3) is 11.4 Å². The van der Waals surface area contributed by atoms with Crippen molar-refractivity contribution >= 4 is 11.4 Å². The molecule has 1 saturated heterocycles. The summed E-state index contributed by atoms with van der Waals surface area (Å²) in [5, 5.41) is 14.9. The second-order valence-electron chi connectivity index (χ2n) is 7.30. The number of anilines is 1. The van der Waals surface area contributed by atoms with E-state index in [9.17, 15) is 10.1 Å². The molecule has 0 saturated carbocycles. The van der Waals surface area contributed by atoms with Gasteiger partial charge >= 0.3 is 0 Å². The minimum atomic E-state index is -0.431. The Bertz CT molecular complexity index is 1020. The van der Waals surface area contributed by atoms with Crippen molar-refractivity contribution in [3.05, 3.63) is 69.6 Å². The van der Waals surface area contributed by atoms with Crippen LogP contribution < -0.4 is 4.90 Å². The maximum atomic E-state index is 11.0. The van der Waals surface area contributed by atoms with E-state index >= 15 is 0 Å². The molecule has 0 atom stereocenters. The molecule has 0 amide bonds. The Labute approximate surface area is 168 Å². The van der Waals surface area contributed by atoms with Crippen LogP contribution in [0.5, 0.6) is 0 Å². The van der Waals surface area contributed by atoms with E-state index in [0.29, 0.717) is 23.8 Å². The zero-order chi connectivity index (χ0) is 20.4. The number of aromatic nitrogens is 2. The molecule has 150 valence electrons. The van der Waals surface area contributed by atoms with Crippen LogP contribution in [0.1, 0.15) is 17.0 Å². The second-order valence-corrected chi connectivity index (χ2v) is 7.30. The fraction of sp³-hybridized carbons (Fsp3) is 0.333. The molecule has 3 aromatic rings. The van der Waals surface area contributed by atoms with Crippen LogP contribution in [0.2, 0.25) is 0 Å². The minimum absolute atomic E-state index is 0.0106. The molecule has 0 bridgehead atoms. The van der Waals surface area contributed by atoms with Crippen molar-refractivity contribution in [1.82, 2.24) is 15.0 Å². The zero-order valence-electron chi connectivity index (χ0n) is 16.5. The van der Waals surface area contributed by atoms with E-state index in [2.05, 4.69) is 52.0 Å². The molecule has 0 radical (unpaired) electrons. The largest absolute Gasteiger partial charge is 0.369 e. The number of hydrogen-bond acceptors (Lipinski definition) is 7. The van der Waals surface area contributed by atoms with Crippen molar-refractivity contribution < 1.29 is 9.45 Å². The summed E-state index contributed by atoms with van der Waals surface area (Å²) in [5.74, 6) is 0.893. The summed E-state index contributed by atoms with van der Waals surface area (Å²) in [7, 11) is 0. The van der Waals surface area contributed by atoms with Crippen LogP contribution in [-0.4, -0.2) is 46.1 Å². The summed E-state index contributed by atoms with van der Waals surface area (Å²) in [4.78, 5) is 19.6. The molecule has 1 fully saturated rings. The van der Waals surface area contributed by atoms with E-state index < -0.39 is 4.92 Å². The Morgan fingerprint density at radius 2 is 1.86 bits per heavy atom. The average molecular weight is 393 g/mol. The molecule has 2 aromatic carbocycles. The highest BCUT2D eigenvalue weighted by atomic mass is 16.6. The third-order valence-electron chi connectivity index (χ3n) is 5.43. The van der Waals surface area contributed by atoms with Crippen LogP contribution in [0.4, 0.5) is 11.4 Å². The lowest BCUT2D eigenvalue weighted by molar-refractivity contribution is -0.384. The fourth-order valence-electron chi connectivity index (χ4n) is 3.61. The van der Waals surface area contributed by atoms with Gasteiger partial charge in [0, 0.05) is 49.6 Å². The lowest BCUT2D eigenvalue weighted by atomic mass is 10.1. The average Bonchev–Trinajstić information content (AvgIpc) is 3.19. The van der Waals surface area contributed by atoms with E-state index in [0.717, 1.165) is 26.2 Å². The van der Waals surface area contributed by atoms with Gasteiger partial charge in [0.15, 0.2) is 0 Å². The molecule has 2 heterocycles. The first-order valence-electron chi connectivity index (χ1n) is 9.62. The molecule has 29 heavy (non-hydrogen) atoms. The Hall–Kier alpha value is -3.26. The topological polar surface area (TPSA) is 88.5 Å². The van der Waals surface area contributed by atoms with Crippen LogP contribution >= 0.6 is 0 Å². The summed E-state index contributed by atoms with van der Waals surface area (Å²) < 4.78 is 5.38. The first-order valence-corrected chi connectivity index (χ1v) is 9.62. The lowest BCUT2D eigenvalue weighted by Crippen LogP contribution is -2.46. The number of piperazine rings is 1. The molecule has 8 nitrogen and oxygen atoms in total. The molecule has 1 aliphatic heterocycles. The molecule has 1 aliphatic rings. The summed E-state index contributed by atoms with van der Waals surface area (Å²) >= 11 is 0. The van der Waals surface area contributed by atoms with E-state index in [1.165, 1.54) is 28.9 Å². The Morgan fingerprint density at radius 1 is 1.10 bits per heavy atom. The van der Waals surface area contributed by atoms with Gasteiger partial charge in [0.1, 0.15) is 0 Å². The summed E-state index contributed by atoms with van der Waals surface area (Å²) in [6, 6.07) is 12.7. The molecular weight excluding hydrogens is 370 g/mol. The van der Waals surface area contributed by atoms with Gasteiger partial charge in [-0.05, 0) is 31.0 Å². The maximum Gasteiger partial charge on any atom is 0.270 e. The van der Waals surface area contributed by atoms with Gasteiger partial charge in [-0.1, -0.05) is 29.4 Å². The molecule has 4 rings (SSSR count). The molecule has 8 heteroatoms. The van der Waals surface area contributed by atoms with E-state index in [-0.39, 0.29) is 5.69 Å². The molecular formula is C21H23N5O3. The number of hydrogen-bond donors (Lipinski definition) is 0. The first-order chi connectivity index (χ1) is 14.0. The standard InChI is InChI=1S/C21H23N5O3/c1-15-5-3-8-19(16(15)2)25-11-9-24(10-12-25)14-20-22-21(23-29-20)17-6-4-7-18(13-17)26(27)28/h3-8,13H,9-12,14H2,1-2H3. The van der Waals surface area contributed by atoms with Crippen molar-refractivity contribution in [2.24, 2.45) is 0 Å². The number of nitro benzene ring substituents is 1. The highest BCUT2D eigenvalue weighted by Gasteiger charge is 2.21. The Kier molecular flexibility index (Phi) is 5.26. The summed E-state index contributed by atoms with van der Waals surface area (Å²) in [6.07, 6.45) is 0. The van der Waals surface area contributed by atoms with Crippen LogP contribution in [0, 0.1) is 24.0 Å². The quantitative estimate of drug-likeness (QED) is 0.483. The van der Waals surface area contributed by atoms with Gasteiger partial charge in [0.05, 0.1) is 11.5 Å². The molecule has 0 spiro atoms. The number of nitrogens with zero attached hydrogens (tertiary/aromatic N) is 5. The van der Waals surface area contributed by atoms with Crippen molar-refractivity contribution in [3.63, 3.8) is 0 Å². The predicted octanol–water partition coefficient (Wildman–Crippen LogP) is 3.58. The van der Waals surface area contributed by atoms with Gasteiger partial charge in [-0.2, -0.15) is 4.98 Å². The number of non-ortho nitro benzene ring substituents is 1. The van der Waals surface area contributed by atoms with Gasteiger partial charge in [0.2, 0.25) is 11.7 Å². The first kappa shape index (κ1) is 19.1. The van der Waals surface area contributed by atoms with Gasteiger partial charge in [-0.3, -0.25) is 15.0 Å². The third kappa shape index (κ3) is 4.12. The Morgan fingerprint density at radius 3 is 2.62 bits per heavy atom. The van der Waals surface area contributed by atoms with Crippen molar-refractivity contribution in [3.8, 4) is 11.4 Å². The molecule has 0 unspecified atom stereocenters. The monoisotopic (exact) mass is 393 g/mol. The van der Waals surface area contributed by atoms with Crippen molar-refractivity contribution in [2.45, 2.75) is 20.4 Å². The number of aryl methyl sites for hydroxylation is 1. The van der Waals surface area contributed by atoms with Gasteiger partial charge in [-0.15, -0.1) is 0 Å². The molecule has 0 N–H and O–H groups in total. The van der Waals surface area contributed by atoms with Crippen molar-refractivity contribution in [2.75, 3.05) is 31.1 Å². The van der Waals surface area contributed by atoms with E-state index in [1.807, 2.05) is 0 Å². The lowest BCUT2D eigenvalue weighted by Gasteiger charge is -2.36. The molecule has 0 aliphatic carbocycles. The number of rotatable bonds is 5. The highest BCUT2D eigenvalue weighted by molar-refractivity contribution is 5.58. The minimum Gasteiger partial charge on any atom is -0.369 e. The third-order valence-corrected chi connectivity index (χ3v) is 5.43. The van der Waals surface area contributed by atoms with Crippen LogP contribution in [-0.2, 0) is 6.54 Å². The predicted molar refractivity (Wildman–Crippen MR) is 110 cm³/mol. The zero-order valence-corrected chi connectivity index (χ0v) is 16.5. The number of benzene rings is 2. The number of nitro groups is 1. The Balaban J connectivity index is 1.39. The molecule has 1 aromatic heterocycles. The SMILES string of the molecule is Cc1cccc(N2CCN(Cc3nc(-c4cccc([N+](=O)[O-])c4)no3)CC2)c1C. The fourth-order valence-corrected chi connectivity index (χ4v) is 3.61. The van der Waals surface area contributed by atoms with Crippen LogP contribution in [0.15, 0.2) is 47.0 Å². The van der Waals surface area contributed by atoms with Crippen LogP contribution in [0.3, 0.4) is 0 Å². The van der Waals surface area contributed by atoms with Gasteiger partial charge < -0.3 is 9.42 Å².